The second-order valence-electron chi connectivity index (χ2n) is 6.12. The summed E-state index contributed by atoms with van der Waals surface area (Å²) in [7, 11) is 0. The summed E-state index contributed by atoms with van der Waals surface area (Å²) in [4.78, 5) is 4.45. The van der Waals surface area contributed by atoms with Gasteiger partial charge in [0, 0.05) is 19.1 Å². The number of ether oxygens (including phenoxy) is 1. The Kier molecular flexibility index (Phi) is 5.94. The molecule has 0 aromatic carbocycles. The number of rotatable bonds is 7. The maximum Gasteiger partial charge on any atom is 0.226 e. The second-order valence-corrected chi connectivity index (χ2v) is 6.12. The van der Waals surface area contributed by atoms with Crippen molar-refractivity contribution in [3.8, 4) is 0 Å². The van der Waals surface area contributed by atoms with Gasteiger partial charge in [-0.1, -0.05) is 25.9 Å². The summed E-state index contributed by atoms with van der Waals surface area (Å²) in [6.07, 6.45) is 2.57. The first-order valence-electron chi connectivity index (χ1n) is 7.04. The maximum atomic E-state index is 5.74. The van der Waals surface area contributed by atoms with Gasteiger partial charge in [-0.15, -0.1) is 0 Å². The summed E-state index contributed by atoms with van der Waals surface area (Å²) < 4.78 is 11.0. The van der Waals surface area contributed by atoms with Gasteiger partial charge in [-0.2, -0.15) is 4.98 Å². The Morgan fingerprint density at radius 2 is 2.05 bits per heavy atom. The van der Waals surface area contributed by atoms with E-state index in [1.165, 1.54) is 0 Å². The predicted octanol–water partition coefficient (Wildman–Crippen LogP) is 2.86. The lowest BCUT2D eigenvalue weighted by Gasteiger charge is -2.27. The zero-order valence-corrected chi connectivity index (χ0v) is 12.8. The molecule has 0 bridgehead atoms. The minimum absolute atomic E-state index is 0.0527. The minimum atomic E-state index is -0.136. The van der Waals surface area contributed by atoms with Gasteiger partial charge in [0.25, 0.3) is 0 Å². The first-order valence-corrected chi connectivity index (χ1v) is 7.04. The highest BCUT2D eigenvalue weighted by atomic mass is 16.5. The van der Waals surface area contributed by atoms with Gasteiger partial charge in [-0.05, 0) is 32.1 Å². The Labute approximate surface area is 115 Å². The molecule has 2 unspecified atom stereocenters. The Morgan fingerprint density at radius 3 is 2.58 bits per heavy atom. The third kappa shape index (κ3) is 5.28. The molecule has 5 nitrogen and oxygen atoms in total. The van der Waals surface area contributed by atoms with Gasteiger partial charge in [-0.25, -0.2) is 0 Å². The molecular formula is C14H27N3O2. The molecule has 2 atom stereocenters. The average molecular weight is 269 g/mol. The first-order chi connectivity index (χ1) is 8.84. The summed E-state index contributed by atoms with van der Waals surface area (Å²) >= 11 is 0. The van der Waals surface area contributed by atoms with Crippen molar-refractivity contribution < 1.29 is 9.26 Å². The predicted molar refractivity (Wildman–Crippen MR) is 74.7 cm³/mol. The molecule has 0 spiro atoms. The number of aryl methyl sites for hydroxylation is 1. The van der Waals surface area contributed by atoms with E-state index in [1.54, 1.807) is 0 Å². The van der Waals surface area contributed by atoms with Gasteiger partial charge in [0.15, 0.2) is 0 Å². The zero-order valence-electron chi connectivity index (χ0n) is 12.8. The molecule has 1 aromatic heterocycles. The minimum Gasteiger partial charge on any atom is -0.370 e. The van der Waals surface area contributed by atoms with Crippen LogP contribution in [0.1, 0.15) is 65.3 Å². The van der Waals surface area contributed by atoms with Gasteiger partial charge in [-0.3, -0.25) is 0 Å². The van der Waals surface area contributed by atoms with Gasteiger partial charge < -0.3 is 15.0 Å². The van der Waals surface area contributed by atoms with Crippen LogP contribution in [0.2, 0.25) is 0 Å². The van der Waals surface area contributed by atoms with Crippen LogP contribution in [0.3, 0.4) is 0 Å². The van der Waals surface area contributed by atoms with Crippen LogP contribution in [0.25, 0.3) is 0 Å². The molecule has 0 aliphatic rings. The fourth-order valence-electron chi connectivity index (χ4n) is 1.93. The van der Waals surface area contributed by atoms with Gasteiger partial charge in [0.2, 0.25) is 11.7 Å². The Morgan fingerprint density at radius 1 is 1.37 bits per heavy atom. The van der Waals surface area contributed by atoms with E-state index in [4.69, 9.17) is 15.0 Å². The van der Waals surface area contributed by atoms with Crippen molar-refractivity contribution in [1.29, 1.82) is 0 Å². The molecule has 0 aliphatic carbocycles. The van der Waals surface area contributed by atoms with Gasteiger partial charge in [0.1, 0.15) is 6.10 Å². The van der Waals surface area contributed by atoms with Crippen molar-refractivity contribution in [3.63, 3.8) is 0 Å². The molecule has 0 saturated heterocycles. The molecule has 0 amide bonds. The summed E-state index contributed by atoms with van der Waals surface area (Å²) in [5.74, 6) is 1.31. The third-order valence-corrected chi connectivity index (χ3v) is 2.89. The topological polar surface area (TPSA) is 74.2 Å². The van der Waals surface area contributed by atoms with E-state index in [1.807, 2.05) is 13.8 Å². The molecule has 1 heterocycles. The fourth-order valence-corrected chi connectivity index (χ4v) is 1.93. The van der Waals surface area contributed by atoms with Gasteiger partial charge >= 0.3 is 0 Å². The third-order valence-electron chi connectivity index (χ3n) is 2.89. The van der Waals surface area contributed by atoms with E-state index in [9.17, 15) is 0 Å². The van der Waals surface area contributed by atoms with Crippen LogP contribution in [0.5, 0.6) is 0 Å². The number of hydrogen-bond acceptors (Lipinski definition) is 5. The SMILES string of the molecule is CCOC(c1noc(CCCC(C)N)n1)C(C)(C)C. The lowest BCUT2D eigenvalue weighted by Crippen LogP contribution is -2.22. The summed E-state index contributed by atoms with van der Waals surface area (Å²) in [5, 5.41) is 4.06. The number of nitrogens with two attached hydrogens (primary N) is 1. The van der Waals surface area contributed by atoms with E-state index in [0.717, 1.165) is 19.3 Å². The fraction of sp³-hybridized carbons (Fsp3) is 0.857. The van der Waals surface area contributed by atoms with Crippen LogP contribution in [0.15, 0.2) is 4.52 Å². The van der Waals surface area contributed by atoms with Crippen LogP contribution < -0.4 is 5.73 Å². The largest absolute Gasteiger partial charge is 0.370 e. The highest BCUT2D eigenvalue weighted by molar-refractivity contribution is 4.96. The Balaban J connectivity index is 2.65. The summed E-state index contributed by atoms with van der Waals surface area (Å²) in [6, 6.07) is 0.216. The van der Waals surface area contributed by atoms with Crippen molar-refractivity contribution in [1.82, 2.24) is 10.1 Å². The molecule has 0 radical (unpaired) electrons. The van der Waals surface area contributed by atoms with E-state index in [2.05, 4.69) is 30.9 Å². The van der Waals surface area contributed by atoms with Crippen LogP contribution in [0, 0.1) is 5.41 Å². The van der Waals surface area contributed by atoms with Gasteiger partial charge in [0.05, 0.1) is 0 Å². The van der Waals surface area contributed by atoms with Crippen molar-refractivity contribution >= 4 is 0 Å². The molecule has 5 heteroatoms. The summed E-state index contributed by atoms with van der Waals surface area (Å²) in [6.45, 7) is 10.9. The quantitative estimate of drug-likeness (QED) is 0.823. The number of nitrogens with zero attached hydrogens (tertiary/aromatic N) is 2. The summed E-state index contributed by atoms with van der Waals surface area (Å²) in [5.41, 5.74) is 5.67. The number of aromatic nitrogens is 2. The normalized spacial score (nSPS) is 15.5. The number of hydrogen-bond donors (Lipinski definition) is 1. The Bertz CT molecular complexity index is 369. The molecule has 0 saturated carbocycles. The van der Waals surface area contributed by atoms with Crippen LogP contribution in [0.4, 0.5) is 0 Å². The maximum absolute atomic E-state index is 5.74. The lowest BCUT2D eigenvalue weighted by atomic mass is 9.88. The van der Waals surface area contributed by atoms with Crippen molar-refractivity contribution in [2.75, 3.05) is 6.61 Å². The second kappa shape index (κ2) is 7.01. The zero-order chi connectivity index (χ0) is 14.5. The smallest absolute Gasteiger partial charge is 0.226 e. The molecule has 0 fully saturated rings. The lowest BCUT2D eigenvalue weighted by molar-refractivity contribution is -0.0203. The van der Waals surface area contributed by atoms with Crippen molar-refractivity contribution in [3.05, 3.63) is 11.7 Å². The monoisotopic (exact) mass is 269 g/mol. The van der Waals surface area contributed by atoms with E-state index in [0.29, 0.717) is 18.3 Å². The molecule has 110 valence electrons. The Hall–Kier alpha value is -0.940. The molecule has 0 aliphatic heterocycles. The highest BCUT2D eigenvalue weighted by Gasteiger charge is 2.31. The van der Waals surface area contributed by atoms with E-state index >= 15 is 0 Å². The molecular weight excluding hydrogens is 242 g/mol. The molecule has 19 heavy (non-hydrogen) atoms. The van der Waals surface area contributed by atoms with Crippen LogP contribution in [-0.4, -0.2) is 22.8 Å². The molecule has 2 N–H and O–H groups in total. The average Bonchev–Trinajstić information content (AvgIpc) is 2.72. The van der Waals surface area contributed by atoms with E-state index < -0.39 is 0 Å². The van der Waals surface area contributed by atoms with Crippen molar-refractivity contribution in [2.24, 2.45) is 11.1 Å². The standard InChI is InChI=1S/C14H27N3O2/c1-6-18-12(14(3,4)5)13-16-11(19-17-13)9-7-8-10(2)15/h10,12H,6-9,15H2,1-5H3. The van der Waals surface area contributed by atoms with Crippen LogP contribution >= 0.6 is 0 Å². The van der Waals surface area contributed by atoms with Crippen LogP contribution in [-0.2, 0) is 11.2 Å². The molecule has 1 aromatic rings. The van der Waals surface area contributed by atoms with Crippen molar-refractivity contribution in [2.45, 2.75) is 66.0 Å². The molecule has 1 rings (SSSR count). The van der Waals surface area contributed by atoms with E-state index in [-0.39, 0.29) is 17.6 Å². The first kappa shape index (κ1) is 16.1. The highest BCUT2D eigenvalue weighted by Crippen LogP contribution is 2.34.